The Balaban J connectivity index is 1.33. The molecule has 3 fully saturated rings. The van der Waals surface area contributed by atoms with E-state index in [0.717, 1.165) is 44.5 Å². The molecule has 3 aliphatic heterocycles. The van der Waals surface area contributed by atoms with Gasteiger partial charge >= 0.3 is 0 Å². The van der Waals surface area contributed by atoms with Gasteiger partial charge in [-0.15, -0.1) is 0 Å². The summed E-state index contributed by atoms with van der Waals surface area (Å²) in [6.45, 7) is 3.42. The third kappa shape index (κ3) is 2.90. The molecule has 1 aromatic heterocycles. The number of hydrogen-bond donors (Lipinski definition) is 0. The van der Waals surface area contributed by atoms with Gasteiger partial charge in [-0.3, -0.25) is 14.6 Å². The van der Waals surface area contributed by atoms with Crippen molar-refractivity contribution in [2.45, 2.75) is 37.8 Å². The van der Waals surface area contributed by atoms with Gasteiger partial charge in [-0.05, 0) is 30.9 Å². The lowest BCUT2D eigenvalue weighted by Gasteiger charge is -2.47. The lowest BCUT2D eigenvalue weighted by Crippen LogP contribution is -2.54. The molecule has 2 amide bonds. The first kappa shape index (κ1) is 15.6. The highest BCUT2D eigenvalue weighted by Crippen LogP contribution is 2.37. The van der Waals surface area contributed by atoms with E-state index in [1.807, 2.05) is 17.0 Å². The molecule has 6 nitrogen and oxygen atoms in total. The fourth-order valence-electron chi connectivity index (χ4n) is 3.98. The summed E-state index contributed by atoms with van der Waals surface area (Å²) in [6.07, 6.45) is 6.80. The Kier molecular flexibility index (Phi) is 4.00. The monoisotopic (exact) mass is 329 g/mol. The summed E-state index contributed by atoms with van der Waals surface area (Å²) in [4.78, 5) is 32.8. The molecular formula is C18H23N3O3. The Labute approximate surface area is 141 Å². The van der Waals surface area contributed by atoms with Crippen LogP contribution in [-0.4, -0.2) is 58.4 Å². The average molecular weight is 329 g/mol. The fraction of sp³-hybridized carbons (Fsp3) is 0.611. The zero-order valence-electron chi connectivity index (χ0n) is 13.8. The van der Waals surface area contributed by atoms with E-state index < -0.39 is 0 Å². The van der Waals surface area contributed by atoms with Crippen molar-refractivity contribution in [1.82, 2.24) is 14.8 Å². The van der Waals surface area contributed by atoms with Gasteiger partial charge in [0.2, 0.25) is 11.8 Å². The summed E-state index contributed by atoms with van der Waals surface area (Å²) in [5.74, 6) is -0.00949. The van der Waals surface area contributed by atoms with Crippen molar-refractivity contribution in [3.63, 3.8) is 0 Å². The van der Waals surface area contributed by atoms with Gasteiger partial charge in [0.15, 0.2) is 0 Å². The number of likely N-dealkylation sites (tertiary alicyclic amines) is 2. The number of pyridine rings is 1. The van der Waals surface area contributed by atoms with E-state index in [1.165, 1.54) is 0 Å². The maximum atomic E-state index is 12.8. The van der Waals surface area contributed by atoms with Gasteiger partial charge in [-0.1, -0.05) is 6.07 Å². The Morgan fingerprint density at radius 1 is 1.33 bits per heavy atom. The summed E-state index contributed by atoms with van der Waals surface area (Å²) < 4.78 is 5.71. The predicted octanol–water partition coefficient (Wildman–Crippen LogP) is 1.21. The van der Waals surface area contributed by atoms with Crippen LogP contribution in [-0.2, 0) is 20.9 Å². The molecule has 128 valence electrons. The number of ether oxygens (including phenoxy) is 1. The van der Waals surface area contributed by atoms with Crippen molar-refractivity contribution in [3.8, 4) is 0 Å². The predicted molar refractivity (Wildman–Crippen MR) is 86.9 cm³/mol. The van der Waals surface area contributed by atoms with Gasteiger partial charge in [0.05, 0.1) is 18.1 Å². The third-order valence-corrected chi connectivity index (χ3v) is 5.61. The van der Waals surface area contributed by atoms with Crippen LogP contribution in [0.3, 0.4) is 0 Å². The second-order valence-corrected chi connectivity index (χ2v) is 7.14. The Morgan fingerprint density at radius 2 is 2.12 bits per heavy atom. The topological polar surface area (TPSA) is 62.7 Å². The van der Waals surface area contributed by atoms with E-state index in [4.69, 9.17) is 4.74 Å². The largest absolute Gasteiger partial charge is 0.375 e. The van der Waals surface area contributed by atoms with E-state index in [0.29, 0.717) is 19.5 Å². The molecule has 24 heavy (non-hydrogen) atoms. The highest BCUT2D eigenvalue weighted by Gasteiger charge is 2.44. The third-order valence-electron chi connectivity index (χ3n) is 5.61. The molecule has 1 atom stereocenters. The molecule has 4 rings (SSSR count). The molecule has 4 heterocycles. The molecule has 0 unspecified atom stereocenters. The molecule has 0 N–H and O–H groups in total. The zero-order valence-corrected chi connectivity index (χ0v) is 13.8. The number of piperidine rings is 1. The van der Waals surface area contributed by atoms with E-state index >= 15 is 0 Å². The van der Waals surface area contributed by atoms with Crippen LogP contribution >= 0.6 is 0 Å². The normalized spacial score (nSPS) is 25.8. The molecule has 1 spiro atoms. The van der Waals surface area contributed by atoms with Crippen LogP contribution in [0, 0.1) is 5.92 Å². The quantitative estimate of drug-likeness (QED) is 0.836. The first-order valence-corrected chi connectivity index (χ1v) is 8.75. The average Bonchev–Trinajstić information content (AvgIpc) is 2.95. The summed E-state index contributed by atoms with van der Waals surface area (Å²) in [5, 5.41) is 0. The van der Waals surface area contributed by atoms with Crippen LogP contribution in [0.15, 0.2) is 24.5 Å². The number of amides is 2. The molecule has 0 bridgehead atoms. The second kappa shape index (κ2) is 6.16. The van der Waals surface area contributed by atoms with E-state index in [1.54, 1.807) is 17.3 Å². The van der Waals surface area contributed by atoms with Gasteiger partial charge in [0.25, 0.3) is 0 Å². The van der Waals surface area contributed by atoms with Crippen molar-refractivity contribution in [2.24, 2.45) is 5.92 Å². The van der Waals surface area contributed by atoms with Crippen LogP contribution in [0.25, 0.3) is 0 Å². The maximum Gasteiger partial charge on any atom is 0.227 e. The Hall–Kier alpha value is -1.95. The van der Waals surface area contributed by atoms with Crippen molar-refractivity contribution in [2.75, 3.05) is 26.2 Å². The highest BCUT2D eigenvalue weighted by atomic mass is 16.5. The Bertz CT molecular complexity index is 620. The van der Waals surface area contributed by atoms with Gasteiger partial charge in [-0.25, -0.2) is 0 Å². The lowest BCUT2D eigenvalue weighted by molar-refractivity contribution is -0.177. The SMILES string of the molecule is O=C1C[C@H](C(=O)N2CCC3(CCO3)CC2)CN1Cc1cccnc1. The van der Waals surface area contributed by atoms with Crippen LogP contribution in [0.2, 0.25) is 0 Å². The zero-order chi connectivity index (χ0) is 16.6. The molecule has 3 aliphatic rings. The molecule has 0 saturated carbocycles. The van der Waals surface area contributed by atoms with Crippen LogP contribution < -0.4 is 0 Å². The number of hydrogen-bond acceptors (Lipinski definition) is 4. The maximum absolute atomic E-state index is 12.8. The van der Waals surface area contributed by atoms with Crippen LogP contribution in [0.1, 0.15) is 31.2 Å². The summed E-state index contributed by atoms with van der Waals surface area (Å²) in [7, 11) is 0. The summed E-state index contributed by atoms with van der Waals surface area (Å²) in [5.41, 5.74) is 1.05. The second-order valence-electron chi connectivity index (χ2n) is 7.14. The standard InChI is InChI=1S/C18H23N3O3/c22-16-10-15(13-21(16)12-14-2-1-6-19-11-14)17(23)20-7-3-18(4-8-20)5-9-24-18/h1-2,6,11,15H,3-5,7-10,12-13H2/t15-/m0/s1. The van der Waals surface area contributed by atoms with E-state index in [9.17, 15) is 9.59 Å². The van der Waals surface area contributed by atoms with Gasteiger partial charge in [0.1, 0.15) is 0 Å². The van der Waals surface area contributed by atoms with E-state index in [2.05, 4.69) is 4.98 Å². The summed E-state index contributed by atoms with van der Waals surface area (Å²) in [6, 6.07) is 3.82. The molecule has 1 aromatic rings. The van der Waals surface area contributed by atoms with E-state index in [-0.39, 0.29) is 23.3 Å². The first-order chi connectivity index (χ1) is 11.7. The number of aromatic nitrogens is 1. The van der Waals surface area contributed by atoms with Crippen LogP contribution in [0.5, 0.6) is 0 Å². The fourth-order valence-corrected chi connectivity index (χ4v) is 3.98. The van der Waals surface area contributed by atoms with Gasteiger partial charge < -0.3 is 14.5 Å². The molecule has 0 aliphatic carbocycles. The number of carbonyl (C=O) groups is 2. The van der Waals surface area contributed by atoms with Crippen molar-refractivity contribution >= 4 is 11.8 Å². The van der Waals surface area contributed by atoms with Crippen molar-refractivity contribution < 1.29 is 14.3 Å². The molecule has 0 radical (unpaired) electrons. The highest BCUT2D eigenvalue weighted by molar-refractivity contribution is 5.89. The van der Waals surface area contributed by atoms with Crippen LogP contribution in [0.4, 0.5) is 0 Å². The van der Waals surface area contributed by atoms with Gasteiger partial charge in [0, 0.05) is 45.0 Å². The molecular weight excluding hydrogens is 306 g/mol. The number of nitrogens with zero attached hydrogens (tertiary/aromatic N) is 3. The Morgan fingerprint density at radius 3 is 2.75 bits per heavy atom. The van der Waals surface area contributed by atoms with Crippen molar-refractivity contribution in [3.05, 3.63) is 30.1 Å². The smallest absolute Gasteiger partial charge is 0.227 e. The number of rotatable bonds is 3. The lowest BCUT2D eigenvalue weighted by atomic mass is 9.84. The minimum absolute atomic E-state index is 0.0502. The minimum Gasteiger partial charge on any atom is -0.375 e. The minimum atomic E-state index is -0.203. The molecule has 3 saturated heterocycles. The van der Waals surface area contributed by atoms with Crippen molar-refractivity contribution in [1.29, 1.82) is 0 Å². The first-order valence-electron chi connectivity index (χ1n) is 8.75. The molecule has 0 aromatic carbocycles. The molecule has 6 heteroatoms. The van der Waals surface area contributed by atoms with Gasteiger partial charge in [-0.2, -0.15) is 0 Å². The number of carbonyl (C=O) groups excluding carboxylic acids is 2. The summed E-state index contributed by atoms with van der Waals surface area (Å²) >= 11 is 0.